The number of nitro groups is 1. The maximum atomic E-state index is 11.4. The van der Waals surface area contributed by atoms with Gasteiger partial charge in [0.15, 0.2) is 0 Å². The maximum absolute atomic E-state index is 11.4. The second-order valence-electron chi connectivity index (χ2n) is 7.44. The number of amides is 2. The summed E-state index contributed by atoms with van der Waals surface area (Å²) in [7, 11) is 0. The molecule has 2 aromatic carbocycles. The highest BCUT2D eigenvalue weighted by Crippen LogP contribution is 2.34. The van der Waals surface area contributed by atoms with Crippen LogP contribution in [0.3, 0.4) is 0 Å². The average molecular weight is 541 g/mol. The zero-order valence-corrected chi connectivity index (χ0v) is 21.2. The molecule has 0 saturated heterocycles. The minimum Gasteiger partial charge on any atom is -0.465 e. The first kappa shape index (κ1) is 28.6. The maximum Gasteiger partial charge on any atom is 0.407 e. The molecule has 0 aliphatic carbocycles. The molecule has 0 unspecified atom stereocenters. The average Bonchev–Trinajstić information content (AvgIpc) is 2.82. The Morgan fingerprint density at radius 3 is 1.72 bits per heavy atom. The van der Waals surface area contributed by atoms with Gasteiger partial charge >= 0.3 is 12.2 Å². The van der Waals surface area contributed by atoms with Gasteiger partial charge in [0, 0.05) is 57.1 Å². The van der Waals surface area contributed by atoms with Gasteiger partial charge in [-0.2, -0.15) is 0 Å². The minimum atomic E-state index is -1.04. The van der Waals surface area contributed by atoms with E-state index >= 15 is 0 Å². The lowest BCUT2D eigenvalue weighted by Crippen LogP contribution is -2.42. The Morgan fingerprint density at radius 1 is 0.861 bits per heavy atom. The van der Waals surface area contributed by atoms with Crippen LogP contribution in [0.15, 0.2) is 46.6 Å². The van der Waals surface area contributed by atoms with Gasteiger partial charge in [0.1, 0.15) is 11.4 Å². The Hall–Kier alpha value is -3.64. The van der Waals surface area contributed by atoms with E-state index in [0.717, 1.165) is 0 Å². The number of carbonyl (C=O) groups is 2. The van der Waals surface area contributed by atoms with Crippen LogP contribution in [0.5, 0.6) is 0 Å². The second-order valence-corrected chi connectivity index (χ2v) is 8.25. The monoisotopic (exact) mass is 540 g/mol. The van der Waals surface area contributed by atoms with Crippen molar-refractivity contribution in [3.63, 3.8) is 0 Å². The number of anilines is 1. The highest BCUT2D eigenvalue weighted by molar-refractivity contribution is 6.33. The topological polar surface area (TPSA) is 152 Å². The van der Waals surface area contributed by atoms with Crippen LogP contribution in [-0.2, 0) is 0 Å². The first-order chi connectivity index (χ1) is 17.1. The number of hydrogen-bond donors (Lipinski definition) is 2. The van der Waals surface area contributed by atoms with Crippen LogP contribution in [0, 0.1) is 10.1 Å². The van der Waals surface area contributed by atoms with Crippen molar-refractivity contribution in [1.82, 2.24) is 9.80 Å². The number of non-ortho nitro benzene ring substituents is 1. The molecule has 14 heteroatoms. The molecule has 2 N–H and O–H groups in total. The summed E-state index contributed by atoms with van der Waals surface area (Å²) in [4.78, 5) is 37.4. The fourth-order valence-electron chi connectivity index (χ4n) is 3.20. The number of azo groups is 1. The molecule has 0 aliphatic rings. The standard InChI is InChI=1S/C22H26Cl2N6O6/c1-3-27(21(31)32)9-11-29(12-10-28(4-2)22(33)34)15-5-7-19(17(23)13-15)25-26-20-8-6-16(30(35)36)14-18(20)24/h5-8,13-14H,3-4,9-12H2,1-2H3,(H,31,32)(H,33,34). The van der Waals surface area contributed by atoms with Crippen LogP contribution in [0.25, 0.3) is 0 Å². The summed E-state index contributed by atoms with van der Waals surface area (Å²) in [6.07, 6.45) is -2.09. The van der Waals surface area contributed by atoms with E-state index in [1.807, 2.05) is 4.90 Å². The molecule has 12 nitrogen and oxygen atoms in total. The van der Waals surface area contributed by atoms with E-state index in [-0.39, 0.29) is 34.5 Å². The van der Waals surface area contributed by atoms with E-state index < -0.39 is 17.1 Å². The third-order valence-electron chi connectivity index (χ3n) is 5.29. The van der Waals surface area contributed by atoms with E-state index in [2.05, 4.69) is 10.2 Å². The first-order valence-electron chi connectivity index (χ1n) is 10.9. The quantitative estimate of drug-likeness (QED) is 0.186. The molecule has 2 amide bonds. The zero-order valence-electron chi connectivity index (χ0n) is 19.7. The van der Waals surface area contributed by atoms with Crippen molar-refractivity contribution in [2.75, 3.05) is 44.2 Å². The molecule has 2 rings (SSSR count). The Labute approximate surface area is 217 Å². The van der Waals surface area contributed by atoms with Crippen LogP contribution in [-0.4, -0.2) is 76.4 Å². The summed E-state index contributed by atoms with van der Waals surface area (Å²) in [5, 5.41) is 37.9. The minimum absolute atomic E-state index is 0.0599. The van der Waals surface area contributed by atoms with Gasteiger partial charge in [0.05, 0.1) is 15.0 Å². The van der Waals surface area contributed by atoms with Crippen molar-refractivity contribution in [3.8, 4) is 0 Å². The third kappa shape index (κ3) is 7.95. The highest BCUT2D eigenvalue weighted by atomic mass is 35.5. The molecular formula is C22H26Cl2N6O6. The van der Waals surface area contributed by atoms with E-state index in [1.54, 1.807) is 32.0 Å². The van der Waals surface area contributed by atoms with Crippen LogP contribution in [0.1, 0.15) is 13.8 Å². The SMILES string of the molecule is CCN(CCN(CCN(CC)C(=O)O)c1ccc(N=Nc2ccc([N+](=O)[O-])cc2Cl)c(Cl)c1)C(=O)O. The van der Waals surface area contributed by atoms with Crippen LogP contribution in [0.4, 0.5) is 32.3 Å². The number of halogens is 2. The third-order valence-corrected chi connectivity index (χ3v) is 5.89. The van der Waals surface area contributed by atoms with Crippen molar-refractivity contribution in [3.05, 3.63) is 56.6 Å². The van der Waals surface area contributed by atoms with Crippen molar-refractivity contribution in [2.24, 2.45) is 10.2 Å². The van der Waals surface area contributed by atoms with Crippen LogP contribution in [0.2, 0.25) is 10.0 Å². The molecule has 0 spiro atoms. The number of nitro benzene ring substituents is 1. The van der Waals surface area contributed by atoms with Gasteiger partial charge in [0.25, 0.3) is 5.69 Å². The van der Waals surface area contributed by atoms with Crippen molar-refractivity contribution in [1.29, 1.82) is 0 Å². The first-order valence-corrected chi connectivity index (χ1v) is 11.7. The van der Waals surface area contributed by atoms with Crippen LogP contribution >= 0.6 is 23.2 Å². The van der Waals surface area contributed by atoms with Gasteiger partial charge in [-0.1, -0.05) is 23.2 Å². The van der Waals surface area contributed by atoms with Crippen molar-refractivity contribution >= 4 is 58.1 Å². The number of benzene rings is 2. The fraction of sp³-hybridized carbons (Fsp3) is 0.364. The van der Waals surface area contributed by atoms with E-state index in [4.69, 9.17) is 23.2 Å². The van der Waals surface area contributed by atoms with Gasteiger partial charge in [0.2, 0.25) is 0 Å². The van der Waals surface area contributed by atoms with Crippen molar-refractivity contribution in [2.45, 2.75) is 13.8 Å². The Kier molecular flexibility index (Phi) is 10.7. The molecule has 36 heavy (non-hydrogen) atoms. The lowest BCUT2D eigenvalue weighted by molar-refractivity contribution is -0.384. The predicted octanol–water partition coefficient (Wildman–Crippen LogP) is 6.12. The molecule has 0 aliphatic heterocycles. The van der Waals surface area contributed by atoms with Gasteiger partial charge in [-0.05, 0) is 38.1 Å². The zero-order chi connectivity index (χ0) is 26.8. The number of hydrogen-bond acceptors (Lipinski definition) is 7. The Morgan fingerprint density at radius 2 is 1.33 bits per heavy atom. The summed E-state index contributed by atoms with van der Waals surface area (Å²) in [5.41, 5.74) is 1.02. The summed E-state index contributed by atoms with van der Waals surface area (Å²) in [6.45, 7) is 5.13. The lowest BCUT2D eigenvalue weighted by Gasteiger charge is -2.29. The number of nitrogens with zero attached hydrogens (tertiary/aromatic N) is 6. The van der Waals surface area contributed by atoms with Gasteiger partial charge in [-0.15, -0.1) is 10.2 Å². The Balaban J connectivity index is 2.25. The van der Waals surface area contributed by atoms with Gasteiger partial charge in [-0.3, -0.25) is 10.1 Å². The lowest BCUT2D eigenvalue weighted by atomic mass is 10.2. The fourth-order valence-corrected chi connectivity index (χ4v) is 3.63. The summed E-state index contributed by atoms with van der Waals surface area (Å²) in [6, 6.07) is 8.75. The normalized spacial score (nSPS) is 10.9. The summed E-state index contributed by atoms with van der Waals surface area (Å²) < 4.78 is 0. The van der Waals surface area contributed by atoms with Crippen molar-refractivity contribution < 1.29 is 24.7 Å². The molecular weight excluding hydrogens is 515 g/mol. The molecule has 0 heterocycles. The van der Waals surface area contributed by atoms with Gasteiger partial charge in [-0.25, -0.2) is 9.59 Å². The number of rotatable bonds is 12. The number of carboxylic acid groups (broad SMARTS) is 2. The molecule has 0 saturated carbocycles. The smallest absolute Gasteiger partial charge is 0.407 e. The second kappa shape index (κ2) is 13.4. The molecule has 0 fully saturated rings. The number of likely N-dealkylation sites (N-methyl/N-ethyl adjacent to an activating group) is 2. The van der Waals surface area contributed by atoms with E-state index in [0.29, 0.717) is 37.6 Å². The highest BCUT2D eigenvalue weighted by Gasteiger charge is 2.17. The molecule has 0 aromatic heterocycles. The summed E-state index contributed by atoms with van der Waals surface area (Å²) >= 11 is 12.5. The molecule has 2 aromatic rings. The van der Waals surface area contributed by atoms with Crippen LogP contribution < -0.4 is 4.90 Å². The molecule has 0 bridgehead atoms. The summed E-state index contributed by atoms with van der Waals surface area (Å²) in [5.74, 6) is 0. The largest absolute Gasteiger partial charge is 0.465 e. The van der Waals surface area contributed by atoms with E-state index in [1.165, 1.54) is 28.0 Å². The Bertz CT molecular complexity index is 1110. The molecule has 194 valence electrons. The molecule has 0 radical (unpaired) electrons. The molecule has 0 atom stereocenters. The predicted molar refractivity (Wildman–Crippen MR) is 136 cm³/mol. The van der Waals surface area contributed by atoms with E-state index in [9.17, 15) is 29.9 Å². The van der Waals surface area contributed by atoms with Gasteiger partial charge < -0.3 is 24.9 Å².